The molecule has 1 aromatic heterocycles. The Bertz CT molecular complexity index is 819. The minimum absolute atomic E-state index is 0.0919. The number of aromatic nitrogens is 2. The van der Waals surface area contributed by atoms with Gasteiger partial charge in [0.1, 0.15) is 11.1 Å². The minimum Gasteiger partial charge on any atom is -0.439 e. The van der Waals surface area contributed by atoms with Crippen molar-refractivity contribution in [1.82, 2.24) is 19.8 Å². The van der Waals surface area contributed by atoms with Crippen LogP contribution < -0.4 is 0 Å². The van der Waals surface area contributed by atoms with Crippen LogP contribution in [0.5, 0.6) is 0 Å². The van der Waals surface area contributed by atoms with Gasteiger partial charge in [0.25, 0.3) is 5.91 Å². The summed E-state index contributed by atoms with van der Waals surface area (Å²) in [6.07, 6.45) is 4.47. The summed E-state index contributed by atoms with van der Waals surface area (Å²) in [4.78, 5) is 36.7. The number of hydrogen-bond donors (Lipinski definition) is 0. The Kier molecular flexibility index (Phi) is 3.37. The van der Waals surface area contributed by atoms with Crippen LogP contribution in [0.1, 0.15) is 23.2 Å². The molecule has 7 heteroatoms. The summed E-state index contributed by atoms with van der Waals surface area (Å²) in [7, 11) is 1.72. The van der Waals surface area contributed by atoms with Crippen LogP contribution in [-0.2, 0) is 4.74 Å². The van der Waals surface area contributed by atoms with Crippen molar-refractivity contribution >= 4 is 23.0 Å². The van der Waals surface area contributed by atoms with Gasteiger partial charge in [-0.25, -0.2) is 4.79 Å². The molecule has 2 aliphatic heterocycles. The fraction of sp³-hybridized carbons (Fsp3) is 0.412. The van der Waals surface area contributed by atoms with Crippen molar-refractivity contribution < 1.29 is 14.3 Å². The molecule has 1 aromatic carbocycles. The molecule has 3 heterocycles. The zero-order valence-corrected chi connectivity index (χ0v) is 13.4. The number of ether oxygens (including phenoxy) is 1. The molecule has 0 radical (unpaired) electrons. The maximum absolute atomic E-state index is 13.0. The molecule has 2 aromatic rings. The maximum Gasteiger partial charge on any atom is 0.410 e. The number of benzene rings is 1. The average molecular weight is 326 g/mol. The molecular weight excluding hydrogens is 308 g/mol. The Balaban J connectivity index is 1.63. The van der Waals surface area contributed by atoms with Crippen molar-refractivity contribution in [3.05, 3.63) is 36.2 Å². The highest BCUT2D eigenvalue weighted by molar-refractivity contribution is 6.04. The Morgan fingerprint density at radius 3 is 2.88 bits per heavy atom. The summed E-state index contributed by atoms with van der Waals surface area (Å²) in [5.41, 5.74) is 1.25. The summed E-state index contributed by atoms with van der Waals surface area (Å²) in [5, 5.41) is 0. The zero-order valence-electron chi connectivity index (χ0n) is 13.4. The number of carbonyl (C=O) groups is 2. The van der Waals surface area contributed by atoms with Gasteiger partial charge in [-0.1, -0.05) is 6.07 Å². The lowest BCUT2D eigenvalue weighted by Gasteiger charge is -2.38. The first kappa shape index (κ1) is 14.9. The van der Waals surface area contributed by atoms with Crippen molar-refractivity contribution in [2.24, 2.45) is 0 Å². The first-order chi connectivity index (χ1) is 11.6. The topological polar surface area (TPSA) is 75.6 Å². The van der Waals surface area contributed by atoms with Crippen molar-refractivity contribution in [3.63, 3.8) is 0 Å². The Hall–Kier alpha value is -2.70. The number of rotatable bonds is 1. The molecule has 0 aliphatic carbocycles. The van der Waals surface area contributed by atoms with Gasteiger partial charge >= 0.3 is 6.09 Å². The van der Waals surface area contributed by atoms with Crippen LogP contribution in [0.3, 0.4) is 0 Å². The van der Waals surface area contributed by atoms with E-state index in [9.17, 15) is 9.59 Å². The van der Waals surface area contributed by atoms with Crippen LogP contribution in [0.4, 0.5) is 4.79 Å². The van der Waals surface area contributed by atoms with E-state index in [0.29, 0.717) is 36.2 Å². The van der Waals surface area contributed by atoms with Crippen molar-refractivity contribution in [2.75, 3.05) is 26.7 Å². The van der Waals surface area contributed by atoms with Crippen LogP contribution in [-0.4, -0.2) is 64.1 Å². The zero-order chi connectivity index (χ0) is 16.7. The highest BCUT2D eigenvalue weighted by atomic mass is 16.6. The van der Waals surface area contributed by atoms with Gasteiger partial charge in [0, 0.05) is 26.0 Å². The summed E-state index contributed by atoms with van der Waals surface area (Å²) in [6, 6.07) is 5.42. The summed E-state index contributed by atoms with van der Waals surface area (Å²) in [6.45, 7) is 1.59. The van der Waals surface area contributed by atoms with E-state index < -0.39 is 5.60 Å². The molecule has 2 saturated heterocycles. The number of piperidine rings is 1. The maximum atomic E-state index is 13.0. The van der Waals surface area contributed by atoms with E-state index >= 15 is 0 Å². The highest BCUT2D eigenvalue weighted by Crippen LogP contribution is 2.32. The van der Waals surface area contributed by atoms with E-state index in [2.05, 4.69) is 9.97 Å². The largest absolute Gasteiger partial charge is 0.439 e. The number of carbonyl (C=O) groups excluding carboxylic acids is 2. The fourth-order valence-electron chi connectivity index (χ4n) is 3.61. The predicted molar refractivity (Wildman–Crippen MR) is 86.5 cm³/mol. The smallest absolute Gasteiger partial charge is 0.410 e. The lowest BCUT2D eigenvalue weighted by atomic mass is 9.92. The fourth-order valence-corrected chi connectivity index (χ4v) is 3.61. The van der Waals surface area contributed by atoms with Gasteiger partial charge in [0.2, 0.25) is 0 Å². The lowest BCUT2D eigenvalue weighted by Crippen LogP contribution is -2.52. The van der Waals surface area contributed by atoms with Crippen LogP contribution >= 0.6 is 0 Å². The standard InChI is InChI=1S/C17H18N4O3/c1-20-10-17(24-16(20)23)6-3-9-21(11-17)15(22)12-4-2-5-13-14(12)19-8-7-18-13/h2,4-5,7-8H,3,6,9-11H2,1H3/t17-/m1/s1. The van der Waals surface area contributed by atoms with E-state index in [1.54, 1.807) is 35.3 Å². The van der Waals surface area contributed by atoms with Crippen LogP contribution in [0.25, 0.3) is 11.0 Å². The number of likely N-dealkylation sites (tertiary alicyclic amines) is 1. The number of para-hydroxylation sites is 1. The summed E-state index contributed by atoms with van der Waals surface area (Å²) in [5.74, 6) is -0.0919. The van der Waals surface area contributed by atoms with Gasteiger partial charge in [0.15, 0.2) is 0 Å². The van der Waals surface area contributed by atoms with Gasteiger partial charge < -0.3 is 14.5 Å². The molecular formula is C17H18N4O3. The van der Waals surface area contributed by atoms with E-state index in [1.165, 1.54) is 0 Å². The molecule has 1 atom stereocenters. The monoisotopic (exact) mass is 326 g/mol. The number of nitrogens with zero attached hydrogens (tertiary/aromatic N) is 4. The molecule has 124 valence electrons. The van der Waals surface area contributed by atoms with E-state index in [4.69, 9.17) is 4.74 Å². The third-order valence-corrected chi connectivity index (χ3v) is 4.70. The molecule has 1 spiro atoms. The van der Waals surface area contributed by atoms with Crippen molar-refractivity contribution in [2.45, 2.75) is 18.4 Å². The molecule has 0 N–H and O–H groups in total. The number of hydrogen-bond acceptors (Lipinski definition) is 5. The quantitative estimate of drug-likeness (QED) is 0.797. The molecule has 2 aliphatic rings. The first-order valence-corrected chi connectivity index (χ1v) is 8.01. The Labute approximate surface area is 139 Å². The normalized spacial score (nSPS) is 23.8. The third kappa shape index (κ3) is 2.36. The predicted octanol–water partition coefficient (Wildman–Crippen LogP) is 1.69. The molecule has 0 bridgehead atoms. The Morgan fingerprint density at radius 2 is 2.08 bits per heavy atom. The second-order valence-corrected chi connectivity index (χ2v) is 6.47. The molecule has 7 nitrogen and oxygen atoms in total. The number of likely N-dealkylation sites (N-methyl/N-ethyl adjacent to an activating group) is 1. The van der Waals surface area contributed by atoms with E-state index in [-0.39, 0.29) is 12.0 Å². The second kappa shape index (κ2) is 5.43. The molecule has 0 unspecified atom stereocenters. The molecule has 4 rings (SSSR count). The lowest BCUT2D eigenvalue weighted by molar-refractivity contribution is -0.00515. The van der Waals surface area contributed by atoms with Gasteiger partial charge in [-0.3, -0.25) is 14.8 Å². The molecule has 0 saturated carbocycles. The van der Waals surface area contributed by atoms with Crippen molar-refractivity contribution in [3.8, 4) is 0 Å². The van der Waals surface area contributed by atoms with Gasteiger partial charge in [0.05, 0.1) is 24.2 Å². The van der Waals surface area contributed by atoms with E-state index in [1.807, 2.05) is 12.1 Å². The minimum atomic E-state index is -0.587. The first-order valence-electron chi connectivity index (χ1n) is 8.01. The van der Waals surface area contributed by atoms with Crippen LogP contribution in [0.2, 0.25) is 0 Å². The van der Waals surface area contributed by atoms with E-state index in [0.717, 1.165) is 12.8 Å². The third-order valence-electron chi connectivity index (χ3n) is 4.70. The number of amides is 2. The van der Waals surface area contributed by atoms with Crippen LogP contribution in [0, 0.1) is 0 Å². The van der Waals surface area contributed by atoms with Crippen molar-refractivity contribution in [1.29, 1.82) is 0 Å². The van der Waals surface area contributed by atoms with Gasteiger partial charge in [-0.05, 0) is 25.0 Å². The molecule has 2 amide bonds. The van der Waals surface area contributed by atoms with Crippen LogP contribution in [0.15, 0.2) is 30.6 Å². The summed E-state index contributed by atoms with van der Waals surface area (Å²) >= 11 is 0. The Morgan fingerprint density at radius 1 is 1.25 bits per heavy atom. The average Bonchev–Trinajstić information content (AvgIpc) is 2.87. The molecule has 24 heavy (non-hydrogen) atoms. The SMILES string of the molecule is CN1C[C@@]2(CCCN(C(=O)c3cccc4nccnc34)C2)OC1=O. The van der Waals surface area contributed by atoms with Gasteiger partial charge in [-0.2, -0.15) is 0 Å². The number of fused-ring (bicyclic) bond motifs is 1. The molecule has 2 fully saturated rings. The summed E-state index contributed by atoms with van der Waals surface area (Å²) < 4.78 is 5.57. The van der Waals surface area contributed by atoms with Gasteiger partial charge in [-0.15, -0.1) is 0 Å². The second-order valence-electron chi connectivity index (χ2n) is 6.47. The highest BCUT2D eigenvalue weighted by Gasteiger charge is 2.47.